The molecule has 6 atom stereocenters. The van der Waals surface area contributed by atoms with Crippen LogP contribution in [0.4, 0.5) is 13.2 Å². The van der Waals surface area contributed by atoms with Crippen LogP contribution >= 0.6 is 0 Å². The van der Waals surface area contributed by atoms with Crippen molar-refractivity contribution in [3.63, 3.8) is 0 Å². The molecule has 10 nitrogen and oxygen atoms in total. The van der Waals surface area contributed by atoms with Gasteiger partial charge in [-0.25, -0.2) is 0 Å². The van der Waals surface area contributed by atoms with Crippen molar-refractivity contribution in [2.45, 2.75) is 56.1 Å². The highest BCUT2D eigenvalue weighted by molar-refractivity contribution is 6.32. The standard InChI is InChI=1S/C32H32F3N3O7/c1-38(2)25-19-10-15-9-18-22(26(40)21(15)28(42)31(19,45)29(43)23(27(25)41)30(36)44)20(39)11-16(24(18)32(33,34)35)12-37-17-7-13-5-3-4-6-14(13)8-17/h3-6,11,15,17,19,21,23,25,37,39,45H,7-10,12H2,1-2H3,(H2,36,44)/t15-,19-,21?,23?,25-,31-/m0/s1. The van der Waals surface area contributed by atoms with Crippen LogP contribution in [0.3, 0.4) is 0 Å². The zero-order chi connectivity index (χ0) is 32.7. The van der Waals surface area contributed by atoms with Crippen LogP contribution < -0.4 is 11.1 Å². The Morgan fingerprint density at radius 3 is 2.24 bits per heavy atom. The molecule has 2 saturated carbocycles. The van der Waals surface area contributed by atoms with Crippen LogP contribution in [0.1, 0.15) is 44.6 Å². The second-order valence-corrected chi connectivity index (χ2v) is 12.8. The molecular weight excluding hydrogens is 595 g/mol. The van der Waals surface area contributed by atoms with E-state index in [1.165, 1.54) is 19.0 Å². The Balaban J connectivity index is 1.39. The van der Waals surface area contributed by atoms with E-state index in [0.29, 0.717) is 12.8 Å². The third-order valence-corrected chi connectivity index (χ3v) is 10.1. The number of primary amides is 1. The van der Waals surface area contributed by atoms with Gasteiger partial charge in [-0.05, 0) is 74.0 Å². The van der Waals surface area contributed by atoms with E-state index in [4.69, 9.17) is 5.73 Å². The van der Waals surface area contributed by atoms with E-state index in [1.807, 2.05) is 24.3 Å². The molecule has 0 bridgehead atoms. The number of benzene rings is 2. The van der Waals surface area contributed by atoms with E-state index in [-0.39, 0.29) is 24.6 Å². The number of hydrogen-bond donors (Lipinski definition) is 4. The average molecular weight is 628 g/mol. The van der Waals surface area contributed by atoms with Crippen molar-refractivity contribution in [1.29, 1.82) is 0 Å². The van der Waals surface area contributed by atoms with Crippen molar-refractivity contribution in [3.05, 3.63) is 63.7 Å². The molecule has 45 heavy (non-hydrogen) atoms. The summed E-state index contributed by atoms with van der Waals surface area (Å²) >= 11 is 0. The number of nitrogens with two attached hydrogens (primary N) is 1. The first-order valence-corrected chi connectivity index (χ1v) is 14.7. The second-order valence-electron chi connectivity index (χ2n) is 12.8. The summed E-state index contributed by atoms with van der Waals surface area (Å²) in [7, 11) is 2.85. The molecule has 2 fully saturated rings. The molecule has 0 aromatic heterocycles. The summed E-state index contributed by atoms with van der Waals surface area (Å²) in [6.07, 6.45) is -4.52. The van der Waals surface area contributed by atoms with E-state index in [1.54, 1.807) is 0 Å². The van der Waals surface area contributed by atoms with Crippen molar-refractivity contribution >= 4 is 29.0 Å². The first kappa shape index (κ1) is 31.1. The Morgan fingerprint density at radius 1 is 1.07 bits per heavy atom. The van der Waals surface area contributed by atoms with Crippen LogP contribution in [-0.4, -0.2) is 75.9 Å². The molecule has 2 unspecified atom stereocenters. The molecule has 4 aliphatic rings. The van der Waals surface area contributed by atoms with E-state index < -0.39 is 99.4 Å². The molecule has 0 radical (unpaired) electrons. The minimum absolute atomic E-state index is 0.144. The summed E-state index contributed by atoms with van der Waals surface area (Å²) in [6, 6.07) is 7.07. The number of aliphatic hydroxyl groups is 1. The molecule has 5 N–H and O–H groups in total. The number of aromatic hydroxyl groups is 1. The van der Waals surface area contributed by atoms with Gasteiger partial charge in [0.05, 0.1) is 23.1 Å². The largest absolute Gasteiger partial charge is 0.507 e. The number of likely N-dealkylation sites (N-methyl/N-ethyl adjacent to an activating group) is 1. The van der Waals surface area contributed by atoms with Gasteiger partial charge in [0.15, 0.2) is 34.7 Å². The van der Waals surface area contributed by atoms with Crippen molar-refractivity contribution in [2.24, 2.45) is 29.4 Å². The van der Waals surface area contributed by atoms with Gasteiger partial charge in [-0.3, -0.25) is 28.9 Å². The summed E-state index contributed by atoms with van der Waals surface area (Å²) < 4.78 is 44.3. The molecule has 1 amide bonds. The number of rotatable bonds is 5. The minimum Gasteiger partial charge on any atom is -0.507 e. The Labute approximate surface area is 255 Å². The number of nitrogens with one attached hydrogen (secondary N) is 1. The van der Waals surface area contributed by atoms with Gasteiger partial charge in [0.2, 0.25) is 5.91 Å². The number of phenols is 1. The molecule has 6 rings (SSSR count). The van der Waals surface area contributed by atoms with Crippen molar-refractivity contribution in [2.75, 3.05) is 14.1 Å². The maximum atomic E-state index is 14.8. The Bertz CT molecular complexity index is 1650. The van der Waals surface area contributed by atoms with Gasteiger partial charge in [0.25, 0.3) is 0 Å². The Morgan fingerprint density at radius 2 is 1.69 bits per heavy atom. The SMILES string of the molecule is CN(C)[C@@H]1C(=O)C(C(N)=O)C(=O)[C@@]2(O)C(=O)C3C(=O)c4c(O)cc(CNC5Cc6ccccc6C5)c(C(F)(F)F)c4C[C@H]3C[C@@H]12. The Kier molecular flexibility index (Phi) is 7.29. The molecular formula is C32H32F3N3O7. The molecule has 0 spiro atoms. The predicted octanol–water partition coefficient (Wildman–Crippen LogP) is 1.14. The van der Waals surface area contributed by atoms with Gasteiger partial charge in [-0.1, -0.05) is 24.3 Å². The van der Waals surface area contributed by atoms with E-state index in [0.717, 1.165) is 17.2 Å². The maximum absolute atomic E-state index is 14.8. The maximum Gasteiger partial charge on any atom is 0.417 e. The van der Waals surface area contributed by atoms with E-state index in [9.17, 15) is 47.4 Å². The molecule has 238 valence electrons. The van der Waals surface area contributed by atoms with Gasteiger partial charge >= 0.3 is 6.18 Å². The lowest BCUT2D eigenvalue weighted by Crippen LogP contribution is -2.74. The number of hydrogen-bond acceptors (Lipinski definition) is 9. The minimum atomic E-state index is -4.93. The highest BCUT2D eigenvalue weighted by Crippen LogP contribution is 2.52. The molecule has 4 aliphatic carbocycles. The topological polar surface area (TPSA) is 167 Å². The number of fused-ring (bicyclic) bond motifs is 4. The highest BCUT2D eigenvalue weighted by Gasteiger charge is 2.69. The number of ketones is 4. The fourth-order valence-electron chi connectivity index (χ4n) is 8.19. The van der Waals surface area contributed by atoms with Crippen molar-refractivity contribution < 1.29 is 47.4 Å². The van der Waals surface area contributed by atoms with Crippen LogP contribution in [0.25, 0.3) is 0 Å². The third-order valence-electron chi connectivity index (χ3n) is 10.1. The predicted molar refractivity (Wildman–Crippen MR) is 151 cm³/mol. The molecule has 2 aromatic rings. The highest BCUT2D eigenvalue weighted by atomic mass is 19.4. The van der Waals surface area contributed by atoms with Crippen LogP contribution in [0.15, 0.2) is 30.3 Å². The molecule has 2 aromatic carbocycles. The average Bonchev–Trinajstić information content (AvgIpc) is 3.35. The van der Waals surface area contributed by atoms with Crippen molar-refractivity contribution in [3.8, 4) is 5.75 Å². The van der Waals surface area contributed by atoms with E-state index in [2.05, 4.69) is 5.32 Å². The Hall–Kier alpha value is -3.94. The number of alkyl halides is 3. The zero-order valence-electron chi connectivity index (χ0n) is 24.5. The smallest absolute Gasteiger partial charge is 0.417 e. The first-order valence-electron chi connectivity index (χ1n) is 14.7. The molecule has 0 saturated heterocycles. The number of phenolic OH excluding ortho intramolecular Hbond substituents is 1. The van der Waals surface area contributed by atoms with Crippen LogP contribution in [-0.2, 0) is 51.2 Å². The number of Topliss-reactive ketones (excluding diaryl/α,β-unsaturated/α-hetero) is 4. The summed E-state index contributed by atoms with van der Waals surface area (Å²) in [5.74, 6) is -13.4. The number of carbonyl (C=O) groups excluding carboxylic acids is 5. The van der Waals surface area contributed by atoms with E-state index >= 15 is 0 Å². The summed E-state index contributed by atoms with van der Waals surface area (Å²) in [6.45, 7) is -0.252. The fraction of sp³-hybridized carbons (Fsp3) is 0.469. The van der Waals surface area contributed by atoms with Gasteiger partial charge in [-0.2, -0.15) is 13.2 Å². The summed E-state index contributed by atoms with van der Waals surface area (Å²) in [5, 5.41) is 25.7. The lowest BCUT2D eigenvalue weighted by Gasteiger charge is -2.52. The van der Waals surface area contributed by atoms with Crippen LogP contribution in [0.2, 0.25) is 0 Å². The van der Waals surface area contributed by atoms with Gasteiger partial charge in [0, 0.05) is 18.5 Å². The number of nitrogens with zero attached hydrogens (tertiary/aromatic N) is 1. The quantitative estimate of drug-likeness (QED) is 0.356. The molecule has 13 heteroatoms. The first-order chi connectivity index (χ1) is 21.1. The van der Waals surface area contributed by atoms with Gasteiger partial charge in [0.1, 0.15) is 5.75 Å². The fourth-order valence-corrected chi connectivity index (χ4v) is 8.19. The second kappa shape index (κ2) is 10.6. The number of carbonyl (C=O) groups is 5. The van der Waals surface area contributed by atoms with Gasteiger partial charge in [-0.15, -0.1) is 0 Å². The van der Waals surface area contributed by atoms with Crippen LogP contribution in [0.5, 0.6) is 5.75 Å². The van der Waals surface area contributed by atoms with Gasteiger partial charge < -0.3 is 21.3 Å². The lowest BCUT2D eigenvalue weighted by atomic mass is 9.52. The monoisotopic (exact) mass is 627 g/mol. The van der Waals surface area contributed by atoms with Crippen LogP contribution in [0, 0.1) is 23.7 Å². The molecule has 0 aliphatic heterocycles. The van der Waals surface area contributed by atoms with Crippen molar-refractivity contribution in [1.82, 2.24) is 10.2 Å². The number of amides is 1. The summed E-state index contributed by atoms with van der Waals surface area (Å²) in [4.78, 5) is 67.7. The summed E-state index contributed by atoms with van der Waals surface area (Å²) in [5.41, 5.74) is 2.02. The zero-order valence-corrected chi connectivity index (χ0v) is 24.5. The molecule has 0 heterocycles. The third kappa shape index (κ3) is 4.62. The normalized spacial score (nSPS) is 29.8. The number of halogens is 3. The lowest BCUT2D eigenvalue weighted by molar-refractivity contribution is -0.181.